The number of methoxy groups -OCH3 is 1. The van der Waals surface area contributed by atoms with Crippen molar-refractivity contribution >= 4 is 23.2 Å². The van der Waals surface area contributed by atoms with Gasteiger partial charge in [0.25, 0.3) is 0 Å². The number of aromatic nitrogens is 4. The van der Waals surface area contributed by atoms with E-state index >= 15 is 0 Å². The minimum absolute atomic E-state index is 0.143. The number of hydrogen-bond acceptors (Lipinski definition) is 8. The van der Waals surface area contributed by atoms with Gasteiger partial charge in [-0.1, -0.05) is 0 Å². The Morgan fingerprint density at radius 2 is 1.94 bits per heavy atom. The van der Waals surface area contributed by atoms with Crippen LogP contribution in [0.2, 0.25) is 0 Å². The summed E-state index contributed by atoms with van der Waals surface area (Å²) in [6.45, 7) is 3.82. The predicted molar refractivity (Wildman–Crippen MR) is 113 cm³/mol. The smallest absolute Gasteiger partial charge is 0.303 e. The summed E-state index contributed by atoms with van der Waals surface area (Å²) in [6.07, 6.45) is 3.00. The number of halogens is 2. The minimum atomic E-state index is -3.21. The van der Waals surface area contributed by atoms with Crippen LogP contribution in [0.4, 0.5) is 26.1 Å². The monoisotopic (exact) mass is 444 g/mol. The zero-order chi connectivity index (χ0) is 23.3. The molecule has 0 fully saturated rings. The third kappa shape index (κ3) is 6.06. The Balaban J connectivity index is 1.91. The first-order valence-electron chi connectivity index (χ1n) is 9.54. The number of nitrogens with one attached hydrogen (secondary N) is 2. The molecule has 1 amide bonds. The Morgan fingerprint density at radius 1 is 1.16 bits per heavy atom. The number of ether oxygens (including phenoxy) is 2. The number of anilines is 3. The lowest BCUT2D eigenvalue weighted by molar-refractivity contribution is -0.114. The molecule has 0 saturated carbocycles. The molecule has 0 atom stereocenters. The summed E-state index contributed by atoms with van der Waals surface area (Å²) in [5, 5.41) is 5.53. The molecular formula is C21H22F2N6O3. The normalized spacial score (nSPS) is 11.1. The number of hydrogen-bond donors (Lipinski definition) is 2. The number of rotatable bonds is 8. The molecule has 32 heavy (non-hydrogen) atoms. The highest BCUT2D eigenvalue weighted by molar-refractivity contribution is 5.88. The van der Waals surface area contributed by atoms with Crippen LogP contribution in [-0.2, 0) is 17.3 Å². The van der Waals surface area contributed by atoms with E-state index in [-0.39, 0.29) is 24.1 Å². The van der Waals surface area contributed by atoms with Crippen LogP contribution in [0.3, 0.4) is 0 Å². The van der Waals surface area contributed by atoms with Crippen molar-refractivity contribution in [2.24, 2.45) is 0 Å². The van der Waals surface area contributed by atoms with Crippen LogP contribution in [0.25, 0.3) is 0 Å². The molecule has 0 aliphatic carbocycles. The van der Waals surface area contributed by atoms with Crippen molar-refractivity contribution in [3.8, 4) is 11.6 Å². The number of alkyl halides is 2. The summed E-state index contributed by atoms with van der Waals surface area (Å²) in [4.78, 5) is 27.3. The van der Waals surface area contributed by atoms with Gasteiger partial charge in [-0.3, -0.25) is 4.79 Å². The van der Waals surface area contributed by atoms with Crippen LogP contribution >= 0.6 is 0 Å². The lowest BCUT2D eigenvalue weighted by atomic mass is 10.3. The van der Waals surface area contributed by atoms with Crippen molar-refractivity contribution in [2.45, 2.75) is 33.3 Å². The molecule has 3 rings (SSSR count). The summed E-state index contributed by atoms with van der Waals surface area (Å²) >= 11 is 0. The van der Waals surface area contributed by atoms with E-state index < -0.39 is 11.7 Å². The molecule has 0 unspecified atom stereocenters. The van der Waals surface area contributed by atoms with Gasteiger partial charge in [0.2, 0.25) is 17.6 Å². The second-order valence-electron chi connectivity index (χ2n) is 6.97. The van der Waals surface area contributed by atoms with E-state index in [1.807, 2.05) is 0 Å². The van der Waals surface area contributed by atoms with Gasteiger partial charge >= 0.3 is 5.92 Å². The molecule has 0 saturated heterocycles. The molecule has 0 aliphatic heterocycles. The highest BCUT2D eigenvalue weighted by atomic mass is 19.3. The van der Waals surface area contributed by atoms with Crippen molar-refractivity contribution in [1.82, 2.24) is 19.9 Å². The summed E-state index contributed by atoms with van der Waals surface area (Å²) in [5.74, 6) is -2.98. The summed E-state index contributed by atoms with van der Waals surface area (Å²) in [5.41, 5.74) is 1.52. The molecule has 3 aromatic rings. The number of aryl methyl sites for hydroxylation is 1. The molecule has 168 valence electrons. The van der Waals surface area contributed by atoms with Crippen LogP contribution < -0.4 is 20.1 Å². The van der Waals surface area contributed by atoms with Gasteiger partial charge in [-0.2, -0.15) is 8.78 Å². The van der Waals surface area contributed by atoms with E-state index in [9.17, 15) is 13.6 Å². The average molecular weight is 444 g/mol. The highest BCUT2D eigenvalue weighted by Crippen LogP contribution is 2.31. The van der Waals surface area contributed by atoms with E-state index in [4.69, 9.17) is 9.47 Å². The predicted octanol–water partition coefficient (Wildman–Crippen LogP) is 3.98. The molecule has 0 bridgehead atoms. The van der Waals surface area contributed by atoms with Crippen LogP contribution in [0.5, 0.6) is 11.6 Å². The molecule has 0 aliphatic rings. The van der Waals surface area contributed by atoms with E-state index in [2.05, 4.69) is 30.6 Å². The fraction of sp³-hybridized carbons (Fsp3) is 0.286. The molecule has 2 N–H and O–H groups in total. The van der Waals surface area contributed by atoms with Crippen molar-refractivity contribution in [1.29, 1.82) is 0 Å². The number of nitrogens with zero attached hydrogens (tertiary/aromatic N) is 4. The second kappa shape index (κ2) is 9.50. The van der Waals surface area contributed by atoms with Gasteiger partial charge in [0, 0.05) is 43.9 Å². The first kappa shape index (κ1) is 22.8. The lowest BCUT2D eigenvalue weighted by Crippen LogP contribution is -2.14. The maximum Gasteiger partial charge on any atom is 0.303 e. The molecule has 0 radical (unpaired) electrons. The van der Waals surface area contributed by atoms with Gasteiger partial charge < -0.3 is 20.1 Å². The van der Waals surface area contributed by atoms with E-state index in [0.29, 0.717) is 23.0 Å². The molecular weight excluding hydrogens is 422 g/mol. The van der Waals surface area contributed by atoms with Gasteiger partial charge in [0.1, 0.15) is 18.2 Å². The van der Waals surface area contributed by atoms with Crippen LogP contribution in [-0.4, -0.2) is 33.0 Å². The number of carbonyl (C=O) groups is 1. The summed E-state index contributed by atoms with van der Waals surface area (Å²) in [7, 11) is 1.51. The number of amides is 1. The van der Waals surface area contributed by atoms with Crippen molar-refractivity contribution in [3.63, 3.8) is 0 Å². The fourth-order valence-electron chi connectivity index (χ4n) is 2.68. The number of carbonyl (C=O) groups excluding carboxylic acids is 1. The Bertz CT molecular complexity index is 1120. The van der Waals surface area contributed by atoms with E-state index in [1.165, 1.54) is 32.4 Å². The molecule has 0 aromatic carbocycles. The fourth-order valence-corrected chi connectivity index (χ4v) is 2.68. The van der Waals surface area contributed by atoms with Crippen molar-refractivity contribution in [2.75, 3.05) is 17.7 Å². The Morgan fingerprint density at radius 3 is 2.62 bits per heavy atom. The maximum atomic E-state index is 13.8. The zero-order valence-electron chi connectivity index (χ0n) is 17.9. The molecule has 11 heteroatoms. The minimum Gasteiger partial charge on any atom is -0.485 e. The van der Waals surface area contributed by atoms with Gasteiger partial charge in [0.05, 0.1) is 19.0 Å². The van der Waals surface area contributed by atoms with Gasteiger partial charge in [0.15, 0.2) is 5.75 Å². The first-order valence-corrected chi connectivity index (χ1v) is 9.54. The largest absolute Gasteiger partial charge is 0.485 e. The van der Waals surface area contributed by atoms with E-state index in [1.54, 1.807) is 25.3 Å². The average Bonchev–Trinajstić information content (AvgIpc) is 2.72. The Hall–Kier alpha value is -3.89. The van der Waals surface area contributed by atoms with Crippen molar-refractivity contribution in [3.05, 3.63) is 53.7 Å². The maximum absolute atomic E-state index is 13.8. The van der Waals surface area contributed by atoms with Gasteiger partial charge in [-0.25, -0.2) is 19.9 Å². The Kier molecular flexibility index (Phi) is 6.76. The quantitative estimate of drug-likeness (QED) is 0.537. The van der Waals surface area contributed by atoms with Crippen LogP contribution in [0, 0.1) is 6.92 Å². The van der Waals surface area contributed by atoms with Crippen LogP contribution in [0.1, 0.15) is 30.9 Å². The first-order chi connectivity index (χ1) is 15.1. The van der Waals surface area contributed by atoms with Gasteiger partial charge in [-0.15, -0.1) is 0 Å². The topological polar surface area (TPSA) is 111 Å². The third-order valence-corrected chi connectivity index (χ3v) is 4.08. The number of pyridine rings is 2. The van der Waals surface area contributed by atoms with Gasteiger partial charge in [-0.05, 0) is 18.6 Å². The highest BCUT2D eigenvalue weighted by Gasteiger charge is 2.29. The lowest BCUT2D eigenvalue weighted by Gasteiger charge is -2.16. The summed E-state index contributed by atoms with van der Waals surface area (Å²) < 4.78 is 38.5. The zero-order valence-corrected chi connectivity index (χ0v) is 17.9. The third-order valence-electron chi connectivity index (χ3n) is 4.08. The molecule has 0 spiro atoms. The van der Waals surface area contributed by atoms with Crippen molar-refractivity contribution < 1.29 is 23.0 Å². The second-order valence-corrected chi connectivity index (χ2v) is 6.97. The van der Waals surface area contributed by atoms with E-state index in [0.717, 1.165) is 12.5 Å². The molecule has 9 nitrogen and oxygen atoms in total. The SMILES string of the molecule is COc1cc(COc2cnc(NC(C)=O)cc2Nc2cc(C)nc(C(C)(F)F)n2)ccn1. The Labute approximate surface area is 183 Å². The molecule has 3 aromatic heterocycles. The summed E-state index contributed by atoms with van der Waals surface area (Å²) in [6, 6.07) is 6.52. The van der Waals surface area contributed by atoms with Crippen LogP contribution in [0.15, 0.2) is 36.7 Å². The standard InChI is InChI=1S/C21H22F2N6O3/c1-12-7-18(29-20(26-12)21(3,22)23)28-15-9-17(27-13(2)30)25-10-16(15)32-11-14-5-6-24-19(8-14)31-4/h5-10H,11H2,1-4H3,(H2,25,26,27,28,29,30). The molecule has 3 heterocycles.